The summed E-state index contributed by atoms with van der Waals surface area (Å²) in [4.78, 5) is 35.9. The van der Waals surface area contributed by atoms with E-state index in [1.807, 2.05) is 24.3 Å². The Labute approximate surface area is 214 Å². The van der Waals surface area contributed by atoms with Gasteiger partial charge in [0.25, 0.3) is 11.6 Å². The summed E-state index contributed by atoms with van der Waals surface area (Å²) in [6.07, 6.45) is -2.12. The van der Waals surface area contributed by atoms with Crippen LogP contribution in [0.25, 0.3) is 0 Å². The number of aryl methyl sites for hydroxylation is 1. The fourth-order valence-electron chi connectivity index (χ4n) is 4.11. The first-order chi connectivity index (χ1) is 17.6. The number of halogens is 3. The van der Waals surface area contributed by atoms with E-state index in [4.69, 9.17) is 4.74 Å². The van der Waals surface area contributed by atoms with E-state index in [0.29, 0.717) is 6.07 Å². The van der Waals surface area contributed by atoms with Crippen LogP contribution in [0, 0.1) is 10.1 Å². The number of carbonyl (C=O) groups excluding carboxylic acids is 2. The molecular weight excluding hydrogens is 509 g/mol. The molecule has 192 valence electrons. The fourth-order valence-corrected chi connectivity index (χ4v) is 5.13. The molecule has 0 unspecified atom stereocenters. The topological polar surface area (TPSA) is 98.5 Å². The molecule has 1 aliphatic rings. The summed E-state index contributed by atoms with van der Waals surface area (Å²) in [5.74, 6) is -1.31. The monoisotopic (exact) mass is 530 g/mol. The third-order valence-corrected chi connectivity index (χ3v) is 6.99. The Morgan fingerprint density at radius 1 is 1.05 bits per heavy atom. The molecule has 1 N–H and O–H groups in total. The quantitative estimate of drug-likeness (QED) is 0.225. The number of amides is 1. The van der Waals surface area contributed by atoms with Gasteiger partial charge in [-0.05, 0) is 54.7 Å². The van der Waals surface area contributed by atoms with Gasteiger partial charge in [0.05, 0.1) is 27.0 Å². The fraction of sp³-hybridized carbons (Fsp3) is 0.231. The summed E-state index contributed by atoms with van der Waals surface area (Å²) in [6, 6.07) is 15.8. The molecule has 4 rings (SSSR count). The van der Waals surface area contributed by atoms with Crippen LogP contribution in [0.4, 0.5) is 18.9 Å². The predicted molar refractivity (Wildman–Crippen MR) is 129 cm³/mol. The van der Waals surface area contributed by atoms with Gasteiger partial charge < -0.3 is 10.1 Å². The minimum absolute atomic E-state index is 0.0255. The van der Waals surface area contributed by atoms with Gasteiger partial charge in [-0.25, -0.2) is 4.79 Å². The highest BCUT2D eigenvalue weighted by Gasteiger charge is 2.33. The van der Waals surface area contributed by atoms with Crippen LogP contribution in [0.5, 0.6) is 0 Å². The van der Waals surface area contributed by atoms with Crippen molar-refractivity contribution in [3.63, 3.8) is 0 Å². The van der Waals surface area contributed by atoms with Gasteiger partial charge in [-0.3, -0.25) is 14.9 Å². The number of nitro groups is 1. The van der Waals surface area contributed by atoms with Crippen LogP contribution in [0.1, 0.15) is 45.9 Å². The van der Waals surface area contributed by atoms with Crippen molar-refractivity contribution in [2.45, 2.75) is 41.3 Å². The molecule has 0 bridgehead atoms. The summed E-state index contributed by atoms with van der Waals surface area (Å²) in [6.45, 7) is -0.531. The number of nitro benzene ring substituents is 1. The van der Waals surface area contributed by atoms with Crippen molar-refractivity contribution >= 4 is 29.3 Å². The first kappa shape index (κ1) is 26.2. The second kappa shape index (κ2) is 11.0. The van der Waals surface area contributed by atoms with Crippen LogP contribution >= 0.6 is 11.8 Å². The van der Waals surface area contributed by atoms with Gasteiger partial charge in [0.1, 0.15) is 0 Å². The average molecular weight is 531 g/mol. The van der Waals surface area contributed by atoms with E-state index < -0.39 is 40.8 Å². The highest BCUT2D eigenvalue weighted by molar-refractivity contribution is 7.99. The van der Waals surface area contributed by atoms with Gasteiger partial charge in [-0.15, -0.1) is 0 Å². The normalized spacial score (nSPS) is 14.9. The van der Waals surface area contributed by atoms with Crippen molar-refractivity contribution in [2.75, 3.05) is 6.61 Å². The molecule has 0 radical (unpaired) electrons. The van der Waals surface area contributed by atoms with E-state index in [2.05, 4.69) is 5.32 Å². The molecular formula is C26H21F3N2O5S. The first-order valence-electron chi connectivity index (χ1n) is 11.3. The third kappa shape index (κ3) is 6.29. The maximum Gasteiger partial charge on any atom is 0.416 e. The second-order valence-electron chi connectivity index (χ2n) is 8.32. The van der Waals surface area contributed by atoms with Crippen LogP contribution in [0.3, 0.4) is 0 Å². The number of carbonyl (C=O) groups is 2. The van der Waals surface area contributed by atoms with Crippen molar-refractivity contribution < 1.29 is 32.4 Å². The molecule has 0 heterocycles. The molecule has 1 atom stereocenters. The lowest BCUT2D eigenvalue weighted by atomic mass is 9.88. The summed E-state index contributed by atoms with van der Waals surface area (Å²) >= 11 is 0.761. The Hall–Kier alpha value is -3.86. The molecule has 0 aromatic heterocycles. The Morgan fingerprint density at radius 2 is 1.78 bits per heavy atom. The van der Waals surface area contributed by atoms with Crippen LogP contribution in [0.15, 0.2) is 76.5 Å². The molecule has 7 nitrogen and oxygen atoms in total. The van der Waals surface area contributed by atoms with Crippen molar-refractivity contribution in [3.8, 4) is 0 Å². The van der Waals surface area contributed by atoms with Gasteiger partial charge in [-0.1, -0.05) is 48.2 Å². The van der Waals surface area contributed by atoms with E-state index in [1.165, 1.54) is 17.7 Å². The standard InChI is InChI=1S/C26H21F3N2O5S/c27-26(28,29)17-12-13-23(21(14-17)31(34)35)37-22-11-4-3-9-19(22)25(33)36-15-24(32)30-20-10-5-7-16-6-1-2-8-18(16)20/h1-4,6,8-9,11-14,20H,5,7,10,15H2,(H,30,32)/t20-/m0/s1. The summed E-state index contributed by atoms with van der Waals surface area (Å²) in [5.41, 5.74) is 0.336. The smallest absolute Gasteiger partial charge is 0.416 e. The molecule has 3 aromatic rings. The molecule has 11 heteroatoms. The van der Waals surface area contributed by atoms with E-state index in [-0.39, 0.29) is 21.4 Å². The lowest BCUT2D eigenvalue weighted by Crippen LogP contribution is -2.34. The van der Waals surface area contributed by atoms with E-state index in [9.17, 15) is 32.9 Å². The maximum absolute atomic E-state index is 13.0. The molecule has 3 aromatic carbocycles. The summed E-state index contributed by atoms with van der Waals surface area (Å²) in [5, 5.41) is 14.3. The number of esters is 1. The molecule has 0 aliphatic heterocycles. The number of benzene rings is 3. The third-order valence-electron chi connectivity index (χ3n) is 5.85. The Kier molecular flexibility index (Phi) is 7.82. The first-order valence-corrected chi connectivity index (χ1v) is 12.1. The SMILES string of the molecule is O=C(COC(=O)c1ccccc1Sc1ccc(C(F)(F)F)cc1[N+](=O)[O-])N[C@H]1CCCc2ccccc21. The van der Waals surface area contributed by atoms with E-state index in [0.717, 1.165) is 48.7 Å². The van der Waals surface area contributed by atoms with Crippen LogP contribution in [0.2, 0.25) is 0 Å². The molecule has 1 aliphatic carbocycles. The van der Waals surface area contributed by atoms with Gasteiger partial charge in [0.15, 0.2) is 6.61 Å². The number of hydrogen-bond donors (Lipinski definition) is 1. The number of nitrogens with one attached hydrogen (secondary N) is 1. The second-order valence-corrected chi connectivity index (χ2v) is 9.41. The Morgan fingerprint density at radius 3 is 2.54 bits per heavy atom. The van der Waals surface area contributed by atoms with Gasteiger partial charge in [-0.2, -0.15) is 13.2 Å². The lowest BCUT2D eigenvalue weighted by Gasteiger charge is -2.26. The van der Waals surface area contributed by atoms with Crippen molar-refractivity contribution in [1.82, 2.24) is 5.32 Å². The largest absolute Gasteiger partial charge is 0.452 e. The summed E-state index contributed by atoms with van der Waals surface area (Å²) in [7, 11) is 0. The average Bonchev–Trinajstić information content (AvgIpc) is 2.87. The van der Waals surface area contributed by atoms with Crippen molar-refractivity contribution in [2.24, 2.45) is 0 Å². The minimum atomic E-state index is -4.74. The van der Waals surface area contributed by atoms with Gasteiger partial charge in [0.2, 0.25) is 0 Å². The maximum atomic E-state index is 13.0. The number of alkyl halides is 3. The number of fused-ring (bicyclic) bond motifs is 1. The van der Waals surface area contributed by atoms with Crippen LogP contribution in [-0.4, -0.2) is 23.4 Å². The highest BCUT2D eigenvalue weighted by Crippen LogP contribution is 2.40. The van der Waals surface area contributed by atoms with Crippen LogP contribution < -0.4 is 5.32 Å². The number of hydrogen-bond acceptors (Lipinski definition) is 6. The zero-order valence-corrected chi connectivity index (χ0v) is 20.1. The predicted octanol–water partition coefficient (Wildman–Crippen LogP) is 6.12. The lowest BCUT2D eigenvalue weighted by molar-refractivity contribution is -0.388. The van der Waals surface area contributed by atoms with Crippen molar-refractivity contribution in [1.29, 1.82) is 0 Å². The molecule has 1 amide bonds. The Bertz CT molecular complexity index is 1350. The van der Waals surface area contributed by atoms with Crippen LogP contribution in [-0.2, 0) is 22.1 Å². The number of nitrogens with zero attached hydrogens (tertiary/aromatic N) is 1. The summed E-state index contributed by atoms with van der Waals surface area (Å²) < 4.78 is 44.2. The number of rotatable bonds is 7. The van der Waals surface area contributed by atoms with E-state index >= 15 is 0 Å². The minimum Gasteiger partial charge on any atom is -0.452 e. The Balaban J connectivity index is 1.45. The van der Waals surface area contributed by atoms with Gasteiger partial charge in [0, 0.05) is 11.0 Å². The zero-order valence-electron chi connectivity index (χ0n) is 19.3. The molecule has 0 saturated heterocycles. The van der Waals surface area contributed by atoms with Gasteiger partial charge >= 0.3 is 12.1 Å². The van der Waals surface area contributed by atoms with E-state index in [1.54, 1.807) is 12.1 Å². The molecule has 0 fully saturated rings. The molecule has 37 heavy (non-hydrogen) atoms. The molecule has 0 saturated carbocycles. The zero-order chi connectivity index (χ0) is 26.6. The van der Waals surface area contributed by atoms with Crippen molar-refractivity contribution in [3.05, 3.63) is 99.1 Å². The molecule has 0 spiro atoms. The highest BCUT2D eigenvalue weighted by atomic mass is 32.2. The number of ether oxygens (including phenoxy) is 1.